The number of aromatic carboxylic acids is 1. The van der Waals surface area contributed by atoms with Crippen molar-refractivity contribution in [1.29, 1.82) is 5.26 Å². The van der Waals surface area contributed by atoms with E-state index in [2.05, 4.69) is 15.0 Å². The average molecular weight is 258 g/mol. The molecule has 0 aliphatic carbocycles. The number of nitriles is 1. The zero-order chi connectivity index (χ0) is 13.0. The fourth-order valence-electron chi connectivity index (χ4n) is 1.14. The van der Waals surface area contributed by atoms with Crippen LogP contribution in [-0.4, -0.2) is 26.0 Å². The third-order valence-corrected chi connectivity index (χ3v) is 2.90. The summed E-state index contributed by atoms with van der Waals surface area (Å²) >= 11 is 1.16. The minimum atomic E-state index is -1.03. The van der Waals surface area contributed by atoms with Crippen LogP contribution in [0.15, 0.2) is 40.8 Å². The Hall–Kier alpha value is -2.46. The van der Waals surface area contributed by atoms with Crippen molar-refractivity contribution in [3.8, 4) is 6.07 Å². The van der Waals surface area contributed by atoms with Gasteiger partial charge in [0.25, 0.3) is 0 Å². The lowest BCUT2D eigenvalue weighted by atomic mass is 10.3. The Morgan fingerprint density at radius 1 is 1.28 bits per heavy atom. The molecule has 0 radical (unpaired) electrons. The molecule has 0 aliphatic rings. The van der Waals surface area contributed by atoms with Crippen LogP contribution in [0.2, 0.25) is 0 Å². The Labute approximate surface area is 106 Å². The van der Waals surface area contributed by atoms with Crippen molar-refractivity contribution in [1.82, 2.24) is 15.0 Å². The van der Waals surface area contributed by atoms with E-state index in [0.29, 0.717) is 10.1 Å². The van der Waals surface area contributed by atoms with Crippen LogP contribution < -0.4 is 0 Å². The van der Waals surface area contributed by atoms with Crippen LogP contribution in [0.1, 0.15) is 16.1 Å². The monoisotopic (exact) mass is 258 g/mol. The largest absolute Gasteiger partial charge is 0.478 e. The number of aromatic nitrogens is 3. The van der Waals surface area contributed by atoms with Gasteiger partial charge in [0.05, 0.1) is 5.56 Å². The summed E-state index contributed by atoms with van der Waals surface area (Å²) in [4.78, 5) is 22.5. The van der Waals surface area contributed by atoms with Gasteiger partial charge in [-0.1, -0.05) is 0 Å². The van der Waals surface area contributed by atoms with E-state index >= 15 is 0 Å². The molecule has 7 heteroatoms. The van der Waals surface area contributed by atoms with E-state index in [1.165, 1.54) is 24.7 Å². The van der Waals surface area contributed by atoms with Crippen molar-refractivity contribution in [2.75, 3.05) is 0 Å². The molecule has 0 atom stereocenters. The molecule has 0 saturated carbocycles. The second kappa shape index (κ2) is 5.25. The first-order valence-corrected chi connectivity index (χ1v) is 5.60. The molecule has 0 aromatic carbocycles. The van der Waals surface area contributed by atoms with E-state index < -0.39 is 5.97 Å². The summed E-state index contributed by atoms with van der Waals surface area (Å²) < 4.78 is 0. The minimum Gasteiger partial charge on any atom is -0.478 e. The van der Waals surface area contributed by atoms with E-state index in [4.69, 9.17) is 10.4 Å². The molecule has 2 aromatic heterocycles. The Balaban J connectivity index is 2.24. The van der Waals surface area contributed by atoms with Crippen molar-refractivity contribution in [3.63, 3.8) is 0 Å². The summed E-state index contributed by atoms with van der Waals surface area (Å²) in [6.45, 7) is 0. The van der Waals surface area contributed by atoms with Crippen LogP contribution in [0, 0.1) is 11.3 Å². The topological polar surface area (TPSA) is 99.8 Å². The van der Waals surface area contributed by atoms with E-state index in [1.54, 1.807) is 6.07 Å². The van der Waals surface area contributed by atoms with Gasteiger partial charge in [0.15, 0.2) is 5.69 Å². The molecule has 2 heterocycles. The van der Waals surface area contributed by atoms with Gasteiger partial charge in [0.2, 0.25) is 0 Å². The Kier molecular flexibility index (Phi) is 3.50. The van der Waals surface area contributed by atoms with Gasteiger partial charge in [0, 0.05) is 18.6 Å². The van der Waals surface area contributed by atoms with Crippen molar-refractivity contribution in [2.24, 2.45) is 0 Å². The molecule has 88 valence electrons. The lowest BCUT2D eigenvalue weighted by Crippen LogP contribution is -1.97. The van der Waals surface area contributed by atoms with Gasteiger partial charge in [0.1, 0.15) is 16.1 Å². The van der Waals surface area contributed by atoms with Crippen LogP contribution in [0.4, 0.5) is 0 Å². The Bertz CT molecular complexity index is 622. The molecule has 0 fully saturated rings. The molecule has 0 unspecified atom stereocenters. The van der Waals surface area contributed by atoms with Gasteiger partial charge in [-0.2, -0.15) is 5.26 Å². The maximum absolute atomic E-state index is 10.7. The molecular weight excluding hydrogens is 252 g/mol. The summed E-state index contributed by atoms with van der Waals surface area (Å²) in [6.07, 6.45) is 4.17. The summed E-state index contributed by atoms with van der Waals surface area (Å²) in [5, 5.41) is 18.6. The SMILES string of the molecule is N#Cc1nccnc1Sc1ccc(C(=O)O)cn1. The maximum atomic E-state index is 10.7. The molecule has 6 nitrogen and oxygen atoms in total. The minimum absolute atomic E-state index is 0.110. The second-order valence-electron chi connectivity index (χ2n) is 3.11. The van der Waals surface area contributed by atoms with Gasteiger partial charge in [-0.05, 0) is 23.9 Å². The number of carboxylic acid groups (broad SMARTS) is 1. The van der Waals surface area contributed by atoms with Gasteiger partial charge in [-0.15, -0.1) is 0 Å². The normalized spacial score (nSPS) is 9.72. The van der Waals surface area contributed by atoms with Crippen LogP contribution in [0.25, 0.3) is 0 Å². The van der Waals surface area contributed by atoms with Crippen LogP contribution >= 0.6 is 11.8 Å². The summed E-state index contributed by atoms with van der Waals surface area (Å²) in [6, 6.07) is 4.93. The molecule has 18 heavy (non-hydrogen) atoms. The van der Waals surface area contributed by atoms with Gasteiger partial charge in [-0.25, -0.2) is 19.7 Å². The molecule has 0 saturated heterocycles. The number of carbonyl (C=O) groups is 1. The smallest absolute Gasteiger partial charge is 0.337 e. The summed E-state index contributed by atoms with van der Waals surface area (Å²) in [5.74, 6) is -1.03. The van der Waals surface area contributed by atoms with Gasteiger partial charge >= 0.3 is 5.97 Å². The highest BCUT2D eigenvalue weighted by Crippen LogP contribution is 2.25. The Morgan fingerprint density at radius 3 is 2.67 bits per heavy atom. The van der Waals surface area contributed by atoms with Crippen LogP contribution in [0.5, 0.6) is 0 Å². The average Bonchev–Trinajstić information content (AvgIpc) is 2.40. The predicted molar refractivity (Wildman–Crippen MR) is 62.1 cm³/mol. The van der Waals surface area contributed by atoms with E-state index in [9.17, 15) is 4.79 Å². The fourth-order valence-corrected chi connectivity index (χ4v) is 1.89. The molecular formula is C11H6N4O2S. The second-order valence-corrected chi connectivity index (χ2v) is 4.12. The number of nitrogens with zero attached hydrogens (tertiary/aromatic N) is 4. The molecule has 2 rings (SSSR count). The quantitative estimate of drug-likeness (QED) is 0.892. The lowest BCUT2D eigenvalue weighted by Gasteiger charge is -2.01. The number of carboxylic acids is 1. The van der Waals surface area contributed by atoms with Gasteiger partial charge in [-0.3, -0.25) is 0 Å². The number of rotatable bonds is 3. The third kappa shape index (κ3) is 2.61. The summed E-state index contributed by atoms with van der Waals surface area (Å²) in [5.41, 5.74) is 0.325. The zero-order valence-electron chi connectivity index (χ0n) is 8.94. The molecule has 0 amide bonds. The number of hydrogen-bond acceptors (Lipinski definition) is 6. The highest BCUT2D eigenvalue weighted by molar-refractivity contribution is 7.99. The highest BCUT2D eigenvalue weighted by atomic mass is 32.2. The molecule has 0 aliphatic heterocycles. The van der Waals surface area contributed by atoms with Crippen molar-refractivity contribution in [3.05, 3.63) is 42.0 Å². The number of pyridine rings is 1. The molecule has 2 aromatic rings. The lowest BCUT2D eigenvalue weighted by molar-refractivity contribution is 0.0696. The van der Waals surface area contributed by atoms with Crippen molar-refractivity contribution >= 4 is 17.7 Å². The first-order chi connectivity index (χ1) is 8.70. The molecule has 1 N–H and O–H groups in total. The molecule has 0 spiro atoms. The standard InChI is InChI=1S/C11H6N4O2S/c12-5-8-10(14-4-3-13-8)18-9-2-1-7(6-15-9)11(16)17/h1-4,6H,(H,16,17). The molecule has 0 bridgehead atoms. The Morgan fingerprint density at radius 2 is 2.06 bits per heavy atom. The van der Waals surface area contributed by atoms with E-state index in [0.717, 1.165) is 11.8 Å². The highest BCUT2D eigenvalue weighted by Gasteiger charge is 2.08. The van der Waals surface area contributed by atoms with Crippen LogP contribution in [0.3, 0.4) is 0 Å². The van der Waals surface area contributed by atoms with E-state index in [1.807, 2.05) is 6.07 Å². The van der Waals surface area contributed by atoms with E-state index in [-0.39, 0.29) is 11.3 Å². The van der Waals surface area contributed by atoms with Crippen molar-refractivity contribution in [2.45, 2.75) is 10.1 Å². The van der Waals surface area contributed by atoms with Crippen molar-refractivity contribution < 1.29 is 9.90 Å². The zero-order valence-corrected chi connectivity index (χ0v) is 9.76. The first kappa shape index (κ1) is 12.0. The first-order valence-electron chi connectivity index (χ1n) is 4.79. The fraction of sp³-hybridized carbons (Fsp3) is 0. The van der Waals surface area contributed by atoms with Gasteiger partial charge < -0.3 is 5.11 Å². The maximum Gasteiger partial charge on any atom is 0.337 e. The summed E-state index contributed by atoms with van der Waals surface area (Å²) in [7, 11) is 0. The third-order valence-electron chi connectivity index (χ3n) is 1.96. The number of hydrogen-bond donors (Lipinski definition) is 1. The predicted octanol–water partition coefficient (Wildman–Crippen LogP) is 1.59. The van der Waals surface area contributed by atoms with Crippen LogP contribution in [-0.2, 0) is 0 Å².